The van der Waals surface area contributed by atoms with E-state index in [9.17, 15) is 4.79 Å². The highest BCUT2D eigenvalue weighted by molar-refractivity contribution is 5.91. The van der Waals surface area contributed by atoms with E-state index in [0.29, 0.717) is 11.3 Å². The Labute approximate surface area is 228 Å². The largest absolute Gasteiger partial charge is 0.423 e. The van der Waals surface area contributed by atoms with E-state index in [1.54, 1.807) is 0 Å². The molecule has 1 fully saturated rings. The Morgan fingerprint density at radius 1 is 0.763 bits per heavy atom. The van der Waals surface area contributed by atoms with Gasteiger partial charge in [0, 0.05) is 0 Å². The average Bonchev–Trinajstić information content (AvgIpc) is 2.97. The Morgan fingerprint density at radius 2 is 1.34 bits per heavy atom. The van der Waals surface area contributed by atoms with Gasteiger partial charge in [-0.1, -0.05) is 72.8 Å². The first-order valence-corrected chi connectivity index (χ1v) is 14.0. The molecule has 0 saturated heterocycles. The Bertz CT molecular complexity index is 1190. The summed E-state index contributed by atoms with van der Waals surface area (Å²) in [7, 11) is 0. The molecule has 196 valence electrons. The van der Waals surface area contributed by atoms with Gasteiger partial charge in [-0.15, -0.1) is 13.2 Å². The molecule has 38 heavy (non-hydrogen) atoms. The maximum Gasteiger partial charge on any atom is 0.343 e. The second-order valence-electron chi connectivity index (χ2n) is 10.5. The van der Waals surface area contributed by atoms with Gasteiger partial charge in [-0.05, 0) is 116 Å². The van der Waals surface area contributed by atoms with Crippen molar-refractivity contribution in [1.29, 1.82) is 0 Å². The first-order chi connectivity index (χ1) is 18.6. The number of unbranched alkanes of at least 4 members (excludes halogenated alkanes) is 1. The van der Waals surface area contributed by atoms with Gasteiger partial charge in [0.15, 0.2) is 0 Å². The van der Waals surface area contributed by atoms with Gasteiger partial charge in [-0.2, -0.15) is 0 Å². The minimum Gasteiger partial charge on any atom is -0.423 e. The predicted octanol–water partition coefficient (Wildman–Crippen LogP) is 9.51. The number of carbonyl (C=O) groups is 1. The molecule has 1 aliphatic carbocycles. The average molecular weight is 505 g/mol. The van der Waals surface area contributed by atoms with E-state index in [4.69, 9.17) is 4.74 Å². The molecule has 2 nitrogen and oxygen atoms in total. The van der Waals surface area contributed by atoms with Crippen molar-refractivity contribution in [3.8, 4) is 5.75 Å². The fraction of sp³-hybridized carbons (Fsp3) is 0.306. The number of ether oxygens (including phenoxy) is 1. The SMILES string of the molecule is C=CCCCc1ccc(OC(=O)c2ccc(/C=C/c3ccc(CCC4CCC(C=C)CC4)cc3)cc2)cc1. The third-order valence-electron chi connectivity index (χ3n) is 7.67. The first kappa shape index (κ1) is 27.4. The van der Waals surface area contributed by atoms with E-state index in [1.807, 2.05) is 54.6 Å². The zero-order valence-electron chi connectivity index (χ0n) is 22.5. The molecule has 2 heteroatoms. The predicted molar refractivity (Wildman–Crippen MR) is 160 cm³/mol. The maximum absolute atomic E-state index is 12.6. The topological polar surface area (TPSA) is 26.3 Å². The van der Waals surface area contributed by atoms with Crippen molar-refractivity contribution < 1.29 is 9.53 Å². The van der Waals surface area contributed by atoms with E-state index in [1.165, 1.54) is 48.8 Å². The summed E-state index contributed by atoms with van der Waals surface area (Å²) < 4.78 is 5.55. The van der Waals surface area contributed by atoms with Gasteiger partial charge in [0.25, 0.3) is 0 Å². The zero-order valence-corrected chi connectivity index (χ0v) is 22.5. The normalized spacial score (nSPS) is 17.3. The Hall–Kier alpha value is -3.65. The molecule has 0 N–H and O–H groups in total. The number of carbonyl (C=O) groups excluding carboxylic acids is 1. The van der Waals surface area contributed by atoms with Crippen LogP contribution in [0.5, 0.6) is 5.75 Å². The van der Waals surface area contributed by atoms with Crippen LogP contribution in [-0.4, -0.2) is 5.97 Å². The minimum atomic E-state index is -0.343. The van der Waals surface area contributed by atoms with Crippen LogP contribution in [0, 0.1) is 11.8 Å². The second kappa shape index (κ2) is 14.3. The number of aryl methyl sites for hydroxylation is 2. The molecular formula is C36H40O2. The van der Waals surface area contributed by atoms with Crippen LogP contribution in [0.4, 0.5) is 0 Å². The molecule has 3 aromatic rings. The molecule has 0 heterocycles. The van der Waals surface area contributed by atoms with Crippen LogP contribution in [0.3, 0.4) is 0 Å². The van der Waals surface area contributed by atoms with E-state index >= 15 is 0 Å². The van der Waals surface area contributed by atoms with Crippen LogP contribution >= 0.6 is 0 Å². The highest BCUT2D eigenvalue weighted by Gasteiger charge is 2.18. The minimum absolute atomic E-state index is 0.343. The molecule has 0 bridgehead atoms. The van der Waals surface area contributed by atoms with Crippen LogP contribution in [0.1, 0.15) is 77.6 Å². The Balaban J connectivity index is 1.23. The number of hydrogen-bond acceptors (Lipinski definition) is 2. The van der Waals surface area contributed by atoms with E-state index < -0.39 is 0 Å². The lowest BCUT2D eigenvalue weighted by Gasteiger charge is -2.26. The number of allylic oxidation sites excluding steroid dienone is 2. The highest BCUT2D eigenvalue weighted by Crippen LogP contribution is 2.32. The quantitative estimate of drug-likeness (QED) is 0.0807. The fourth-order valence-corrected chi connectivity index (χ4v) is 5.14. The van der Waals surface area contributed by atoms with Crippen LogP contribution < -0.4 is 4.74 Å². The summed E-state index contributed by atoms with van der Waals surface area (Å²) >= 11 is 0. The molecular weight excluding hydrogens is 464 g/mol. The smallest absolute Gasteiger partial charge is 0.343 e. The molecule has 4 rings (SSSR count). The van der Waals surface area contributed by atoms with Gasteiger partial charge in [0.2, 0.25) is 0 Å². The van der Waals surface area contributed by atoms with Crippen molar-refractivity contribution in [2.45, 2.75) is 57.8 Å². The monoisotopic (exact) mass is 504 g/mol. The van der Waals surface area contributed by atoms with Crippen LogP contribution in [0.15, 0.2) is 98.1 Å². The highest BCUT2D eigenvalue weighted by atomic mass is 16.5. The van der Waals surface area contributed by atoms with Gasteiger partial charge < -0.3 is 4.74 Å². The lowest BCUT2D eigenvalue weighted by molar-refractivity contribution is 0.0734. The van der Waals surface area contributed by atoms with Crippen LogP contribution in [0.25, 0.3) is 12.2 Å². The third kappa shape index (κ3) is 8.45. The Morgan fingerprint density at radius 3 is 1.95 bits per heavy atom. The molecule has 0 aliphatic heterocycles. The summed E-state index contributed by atoms with van der Waals surface area (Å²) in [5.74, 6) is 1.83. The fourth-order valence-electron chi connectivity index (χ4n) is 5.14. The van der Waals surface area contributed by atoms with Crippen molar-refractivity contribution >= 4 is 18.1 Å². The lowest BCUT2D eigenvalue weighted by atomic mass is 9.79. The summed E-state index contributed by atoms with van der Waals surface area (Å²) in [6.07, 6.45) is 19.1. The molecule has 0 atom stereocenters. The van der Waals surface area contributed by atoms with Crippen molar-refractivity contribution in [1.82, 2.24) is 0 Å². The standard InChI is InChI=1S/C36H40O2/c1-3-5-6-7-29-22-26-35(27-23-29)38-36(37)34-24-20-33(21-25-34)19-18-32-16-14-31(15-17-32)13-12-30-10-8-28(4-2)9-11-30/h3-4,14-28,30H,1-2,5-13H2/b19-18+. The summed E-state index contributed by atoms with van der Waals surface area (Å²) in [5.41, 5.74) is 5.41. The van der Waals surface area contributed by atoms with Crippen LogP contribution in [-0.2, 0) is 12.8 Å². The third-order valence-corrected chi connectivity index (χ3v) is 7.67. The van der Waals surface area contributed by atoms with Gasteiger partial charge in [-0.25, -0.2) is 4.79 Å². The van der Waals surface area contributed by atoms with Crippen LogP contribution in [0.2, 0.25) is 0 Å². The van der Waals surface area contributed by atoms with Crippen molar-refractivity contribution in [3.05, 3.63) is 126 Å². The Kier molecular flexibility index (Phi) is 10.3. The molecule has 3 aromatic carbocycles. The molecule has 1 saturated carbocycles. The van der Waals surface area contributed by atoms with Gasteiger partial charge in [0.1, 0.15) is 5.75 Å². The molecule has 0 unspecified atom stereocenters. The molecule has 1 aliphatic rings. The molecule has 0 spiro atoms. The summed E-state index contributed by atoms with van der Waals surface area (Å²) in [6.45, 7) is 7.71. The maximum atomic E-state index is 12.6. The van der Waals surface area contributed by atoms with Gasteiger partial charge >= 0.3 is 5.97 Å². The van der Waals surface area contributed by atoms with E-state index in [2.05, 4.69) is 55.7 Å². The lowest BCUT2D eigenvalue weighted by Crippen LogP contribution is -2.13. The van der Waals surface area contributed by atoms with Crippen molar-refractivity contribution in [3.63, 3.8) is 0 Å². The number of esters is 1. The molecule has 0 aromatic heterocycles. The second-order valence-corrected chi connectivity index (χ2v) is 10.5. The summed E-state index contributed by atoms with van der Waals surface area (Å²) in [6, 6.07) is 24.2. The number of benzene rings is 3. The van der Waals surface area contributed by atoms with Crippen molar-refractivity contribution in [2.75, 3.05) is 0 Å². The summed E-state index contributed by atoms with van der Waals surface area (Å²) in [5, 5.41) is 0. The number of hydrogen-bond donors (Lipinski definition) is 0. The van der Waals surface area contributed by atoms with Gasteiger partial charge in [0.05, 0.1) is 5.56 Å². The van der Waals surface area contributed by atoms with Crippen molar-refractivity contribution in [2.24, 2.45) is 11.8 Å². The first-order valence-electron chi connectivity index (χ1n) is 14.0. The number of rotatable bonds is 12. The van der Waals surface area contributed by atoms with E-state index in [0.717, 1.165) is 43.1 Å². The molecule has 0 radical (unpaired) electrons. The molecule has 0 amide bonds. The van der Waals surface area contributed by atoms with E-state index in [-0.39, 0.29) is 5.97 Å². The summed E-state index contributed by atoms with van der Waals surface area (Å²) in [4.78, 5) is 12.6. The van der Waals surface area contributed by atoms with Gasteiger partial charge in [-0.3, -0.25) is 0 Å². The zero-order chi connectivity index (χ0) is 26.6.